The molecule has 140 valence electrons. The summed E-state index contributed by atoms with van der Waals surface area (Å²) in [5.41, 5.74) is -0.824. The van der Waals surface area contributed by atoms with Gasteiger partial charge in [-0.25, -0.2) is 22.9 Å². The maximum Gasteiger partial charge on any atom is 0.404 e. The summed E-state index contributed by atoms with van der Waals surface area (Å²) in [5, 5.41) is 10.5. The number of carbonyl (C=O) groups is 1. The van der Waals surface area contributed by atoms with Crippen LogP contribution < -0.4 is 10.9 Å². The molecule has 1 heterocycles. The minimum atomic E-state index is -1.20. The van der Waals surface area contributed by atoms with Gasteiger partial charge in [-0.1, -0.05) is 6.07 Å². The van der Waals surface area contributed by atoms with Gasteiger partial charge in [0.2, 0.25) is 0 Å². The largest absolute Gasteiger partial charge is 0.465 e. The predicted molar refractivity (Wildman–Crippen MR) is 91.6 cm³/mol. The van der Waals surface area contributed by atoms with Crippen molar-refractivity contribution in [3.8, 4) is 5.69 Å². The first-order chi connectivity index (χ1) is 12.9. The lowest BCUT2D eigenvalue weighted by Crippen LogP contribution is -2.26. The van der Waals surface area contributed by atoms with Crippen LogP contribution in [-0.4, -0.2) is 27.3 Å². The smallest absolute Gasteiger partial charge is 0.404 e. The van der Waals surface area contributed by atoms with Gasteiger partial charge in [-0.3, -0.25) is 9.36 Å². The Hall–Kier alpha value is -3.36. The van der Waals surface area contributed by atoms with E-state index in [0.717, 1.165) is 22.8 Å². The van der Waals surface area contributed by atoms with Crippen molar-refractivity contribution in [3.63, 3.8) is 0 Å². The van der Waals surface area contributed by atoms with Crippen molar-refractivity contribution < 1.29 is 23.1 Å². The van der Waals surface area contributed by atoms with Crippen molar-refractivity contribution in [1.29, 1.82) is 0 Å². The highest BCUT2D eigenvalue weighted by molar-refractivity contribution is 5.78. The zero-order valence-corrected chi connectivity index (χ0v) is 13.9. The van der Waals surface area contributed by atoms with Gasteiger partial charge in [0.25, 0.3) is 5.56 Å². The number of rotatable bonds is 5. The molecule has 0 fully saturated rings. The fourth-order valence-electron chi connectivity index (χ4n) is 2.78. The Labute approximate surface area is 150 Å². The van der Waals surface area contributed by atoms with Crippen molar-refractivity contribution in [2.24, 2.45) is 0 Å². The molecular weight excluding hydrogens is 363 g/mol. The Morgan fingerprint density at radius 2 is 1.85 bits per heavy atom. The van der Waals surface area contributed by atoms with Crippen LogP contribution in [0.25, 0.3) is 16.6 Å². The average molecular weight is 377 g/mol. The number of hydrogen-bond acceptors (Lipinski definition) is 3. The van der Waals surface area contributed by atoms with Crippen LogP contribution >= 0.6 is 0 Å². The second-order valence-corrected chi connectivity index (χ2v) is 5.77. The first kappa shape index (κ1) is 18.4. The molecule has 0 atom stereocenters. The SMILES string of the molecule is O=C(O)NCCCc1nc2cccc(F)c2c(=O)n1-c1cc(F)cc(F)c1. The number of nitrogens with zero attached hydrogens (tertiary/aromatic N) is 2. The van der Waals surface area contributed by atoms with Gasteiger partial charge >= 0.3 is 6.09 Å². The Morgan fingerprint density at radius 3 is 2.52 bits per heavy atom. The fourth-order valence-corrected chi connectivity index (χ4v) is 2.78. The van der Waals surface area contributed by atoms with Crippen molar-refractivity contribution in [2.45, 2.75) is 12.8 Å². The molecule has 3 rings (SSSR count). The number of amides is 1. The molecule has 0 aliphatic heterocycles. The topological polar surface area (TPSA) is 84.2 Å². The van der Waals surface area contributed by atoms with Crippen LogP contribution in [0, 0.1) is 17.5 Å². The van der Waals surface area contributed by atoms with Gasteiger partial charge in [0.05, 0.1) is 11.2 Å². The molecule has 1 aromatic heterocycles. The maximum absolute atomic E-state index is 14.2. The second-order valence-electron chi connectivity index (χ2n) is 5.77. The fraction of sp³-hybridized carbons (Fsp3) is 0.167. The monoisotopic (exact) mass is 377 g/mol. The predicted octanol–water partition coefficient (Wildman–Crippen LogP) is 3.00. The lowest BCUT2D eigenvalue weighted by Gasteiger charge is -2.14. The summed E-state index contributed by atoms with van der Waals surface area (Å²) < 4.78 is 42.4. The van der Waals surface area contributed by atoms with Crippen LogP contribution in [0.1, 0.15) is 12.2 Å². The summed E-state index contributed by atoms with van der Waals surface area (Å²) in [6, 6.07) is 6.48. The van der Waals surface area contributed by atoms with E-state index in [1.807, 2.05) is 0 Å². The molecule has 1 amide bonds. The highest BCUT2D eigenvalue weighted by Gasteiger charge is 2.16. The molecule has 9 heteroatoms. The number of nitrogens with one attached hydrogen (secondary N) is 1. The Balaban J connectivity index is 2.16. The quantitative estimate of drug-likeness (QED) is 0.670. The number of fused-ring (bicyclic) bond motifs is 1. The van der Waals surface area contributed by atoms with E-state index in [1.54, 1.807) is 0 Å². The van der Waals surface area contributed by atoms with E-state index in [2.05, 4.69) is 10.3 Å². The molecule has 0 aliphatic rings. The van der Waals surface area contributed by atoms with E-state index in [1.165, 1.54) is 12.1 Å². The summed E-state index contributed by atoms with van der Waals surface area (Å²) in [6.07, 6.45) is -0.801. The third-order valence-corrected chi connectivity index (χ3v) is 3.88. The zero-order chi connectivity index (χ0) is 19.6. The first-order valence-corrected chi connectivity index (χ1v) is 8.00. The lowest BCUT2D eigenvalue weighted by molar-refractivity contribution is 0.194. The first-order valence-electron chi connectivity index (χ1n) is 8.00. The minimum absolute atomic E-state index is 0.0872. The summed E-state index contributed by atoms with van der Waals surface area (Å²) in [7, 11) is 0. The van der Waals surface area contributed by atoms with Gasteiger partial charge in [0, 0.05) is 19.0 Å². The van der Waals surface area contributed by atoms with Crippen LogP contribution in [0.4, 0.5) is 18.0 Å². The van der Waals surface area contributed by atoms with E-state index in [0.29, 0.717) is 6.07 Å². The summed E-state index contributed by atoms with van der Waals surface area (Å²) >= 11 is 0. The zero-order valence-electron chi connectivity index (χ0n) is 13.9. The maximum atomic E-state index is 14.2. The number of halogens is 3. The van der Waals surface area contributed by atoms with Gasteiger partial charge in [-0.05, 0) is 30.7 Å². The van der Waals surface area contributed by atoms with Crippen molar-refractivity contribution in [3.05, 3.63) is 70.0 Å². The average Bonchev–Trinajstić information content (AvgIpc) is 2.57. The van der Waals surface area contributed by atoms with Crippen molar-refractivity contribution in [2.75, 3.05) is 6.54 Å². The summed E-state index contributed by atoms with van der Waals surface area (Å²) in [4.78, 5) is 27.6. The van der Waals surface area contributed by atoms with E-state index in [4.69, 9.17) is 5.11 Å². The van der Waals surface area contributed by atoms with Gasteiger partial charge in [0.1, 0.15) is 28.7 Å². The molecular formula is C18H14F3N3O3. The number of aromatic nitrogens is 2. The van der Waals surface area contributed by atoms with Gasteiger partial charge < -0.3 is 10.4 Å². The third kappa shape index (κ3) is 3.91. The molecule has 0 bridgehead atoms. The molecule has 0 aliphatic carbocycles. The van der Waals surface area contributed by atoms with Crippen LogP contribution in [0.2, 0.25) is 0 Å². The lowest BCUT2D eigenvalue weighted by atomic mass is 10.2. The summed E-state index contributed by atoms with van der Waals surface area (Å²) in [6.45, 7) is 0.0872. The van der Waals surface area contributed by atoms with Crippen molar-refractivity contribution >= 4 is 17.0 Å². The minimum Gasteiger partial charge on any atom is -0.465 e. The van der Waals surface area contributed by atoms with Crippen LogP contribution in [-0.2, 0) is 6.42 Å². The molecule has 3 aromatic rings. The number of benzene rings is 2. The molecule has 2 N–H and O–H groups in total. The normalized spacial score (nSPS) is 10.9. The molecule has 0 saturated carbocycles. The van der Waals surface area contributed by atoms with E-state index >= 15 is 0 Å². The van der Waals surface area contributed by atoms with Gasteiger partial charge in [0.15, 0.2) is 0 Å². The molecule has 0 saturated heterocycles. The molecule has 0 unspecified atom stereocenters. The Morgan fingerprint density at radius 1 is 1.15 bits per heavy atom. The van der Waals surface area contributed by atoms with Crippen molar-refractivity contribution in [1.82, 2.24) is 14.9 Å². The summed E-state index contributed by atoms with van der Waals surface area (Å²) in [5.74, 6) is -2.46. The highest BCUT2D eigenvalue weighted by Crippen LogP contribution is 2.18. The highest BCUT2D eigenvalue weighted by atomic mass is 19.1. The standard InChI is InChI=1S/C18H14F3N3O3/c19-10-7-11(20)9-12(8-10)24-15(5-2-6-22-18(26)27)23-14-4-1-3-13(21)16(14)17(24)25/h1,3-4,7-9,22H,2,5-6H2,(H,26,27). The Bertz CT molecular complexity index is 1060. The number of carboxylic acid groups (broad SMARTS) is 1. The third-order valence-electron chi connectivity index (χ3n) is 3.88. The number of hydrogen-bond donors (Lipinski definition) is 2. The van der Waals surface area contributed by atoms with E-state index in [9.17, 15) is 22.8 Å². The number of aryl methyl sites for hydroxylation is 1. The van der Waals surface area contributed by atoms with E-state index < -0.39 is 29.1 Å². The van der Waals surface area contributed by atoms with Crippen LogP contribution in [0.3, 0.4) is 0 Å². The van der Waals surface area contributed by atoms with Crippen LogP contribution in [0.5, 0.6) is 0 Å². The van der Waals surface area contributed by atoms with Gasteiger partial charge in [-0.2, -0.15) is 0 Å². The molecule has 27 heavy (non-hydrogen) atoms. The van der Waals surface area contributed by atoms with E-state index in [-0.39, 0.29) is 41.8 Å². The van der Waals surface area contributed by atoms with Gasteiger partial charge in [-0.15, -0.1) is 0 Å². The Kier molecular flexibility index (Phi) is 5.11. The van der Waals surface area contributed by atoms with Crippen LogP contribution in [0.15, 0.2) is 41.2 Å². The molecule has 6 nitrogen and oxygen atoms in total. The second kappa shape index (κ2) is 7.48. The molecule has 0 spiro atoms. The molecule has 2 aromatic carbocycles. The molecule has 0 radical (unpaired) electrons.